The van der Waals surface area contributed by atoms with Gasteiger partial charge in [-0.05, 0) is 31.5 Å². The third kappa shape index (κ3) is 4.03. The molecule has 2 rings (SSSR count). The summed E-state index contributed by atoms with van der Waals surface area (Å²) in [6.45, 7) is 1.10. The Hall–Kier alpha value is -1.05. The van der Waals surface area contributed by atoms with Crippen LogP contribution in [-0.4, -0.2) is 37.0 Å². The minimum absolute atomic E-state index is 0.0781. The SMILES string of the molecule is O=S(=O)(CC1CCCN1)NCc1cccnn1. The summed E-state index contributed by atoms with van der Waals surface area (Å²) in [6, 6.07) is 3.55. The van der Waals surface area contributed by atoms with E-state index in [4.69, 9.17) is 0 Å². The molecule has 1 atom stereocenters. The maximum Gasteiger partial charge on any atom is 0.213 e. The highest BCUT2D eigenvalue weighted by Crippen LogP contribution is 2.07. The zero-order valence-electron chi connectivity index (χ0n) is 9.46. The Morgan fingerprint density at radius 1 is 1.53 bits per heavy atom. The normalized spacial score (nSPS) is 20.6. The Bertz CT molecular complexity index is 443. The fraction of sp³-hybridized carbons (Fsp3) is 0.600. The molecule has 0 amide bonds. The minimum atomic E-state index is -3.24. The quantitative estimate of drug-likeness (QED) is 0.752. The van der Waals surface area contributed by atoms with Crippen LogP contribution in [0.5, 0.6) is 0 Å². The Labute approximate surface area is 101 Å². The average molecular weight is 256 g/mol. The molecule has 0 aromatic carbocycles. The van der Waals surface area contributed by atoms with Gasteiger partial charge < -0.3 is 5.32 Å². The molecule has 1 unspecified atom stereocenters. The number of sulfonamides is 1. The zero-order valence-corrected chi connectivity index (χ0v) is 10.3. The number of rotatable bonds is 5. The minimum Gasteiger partial charge on any atom is -0.313 e. The molecular formula is C10H16N4O2S. The molecule has 0 spiro atoms. The fourth-order valence-electron chi connectivity index (χ4n) is 1.83. The summed E-state index contributed by atoms with van der Waals surface area (Å²) in [5, 5.41) is 10.7. The molecule has 2 N–H and O–H groups in total. The number of hydrogen-bond acceptors (Lipinski definition) is 5. The van der Waals surface area contributed by atoms with E-state index in [9.17, 15) is 8.42 Å². The highest BCUT2D eigenvalue weighted by atomic mass is 32.2. The summed E-state index contributed by atoms with van der Waals surface area (Å²) in [5.41, 5.74) is 0.621. The van der Waals surface area contributed by atoms with Gasteiger partial charge in [-0.2, -0.15) is 10.2 Å². The lowest BCUT2D eigenvalue weighted by Crippen LogP contribution is -2.36. The predicted octanol–water partition coefficient (Wildman–Crippen LogP) is -0.352. The number of nitrogens with one attached hydrogen (secondary N) is 2. The van der Waals surface area contributed by atoms with E-state index in [1.165, 1.54) is 0 Å². The van der Waals surface area contributed by atoms with E-state index in [-0.39, 0.29) is 18.3 Å². The molecule has 0 saturated carbocycles. The van der Waals surface area contributed by atoms with Gasteiger partial charge in [-0.3, -0.25) is 0 Å². The van der Waals surface area contributed by atoms with Crippen molar-refractivity contribution >= 4 is 10.0 Å². The van der Waals surface area contributed by atoms with Crippen LogP contribution in [0.4, 0.5) is 0 Å². The first kappa shape index (κ1) is 12.4. The van der Waals surface area contributed by atoms with Gasteiger partial charge in [-0.1, -0.05) is 0 Å². The first-order chi connectivity index (χ1) is 8.16. The highest BCUT2D eigenvalue weighted by molar-refractivity contribution is 7.89. The van der Waals surface area contributed by atoms with Gasteiger partial charge in [0.25, 0.3) is 0 Å². The first-order valence-corrected chi connectivity index (χ1v) is 7.28. The largest absolute Gasteiger partial charge is 0.313 e. The van der Waals surface area contributed by atoms with Gasteiger partial charge in [0.2, 0.25) is 10.0 Å². The lowest BCUT2D eigenvalue weighted by molar-refractivity contribution is 0.562. The molecule has 0 radical (unpaired) electrons. The molecule has 1 aromatic rings. The van der Waals surface area contributed by atoms with Crippen molar-refractivity contribution in [2.45, 2.75) is 25.4 Å². The molecule has 1 aliphatic heterocycles. The molecule has 17 heavy (non-hydrogen) atoms. The predicted molar refractivity (Wildman–Crippen MR) is 63.7 cm³/mol. The van der Waals surface area contributed by atoms with Crippen molar-refractivity contribution in [3.63, 3.8) is 0 Å². The van der Waals surface area contributed by atoms with Crippen LogP contribution < -0.4 is 10.0 Å². The molecular weight excluding hydrogens is 240 g/mol. The second-order valence-electron chi connectivity index (χ2n) is 4.11. The summed E-state index contributed by atoms with van der Waals surface area (Å²) in [4.78, 5) is 0. The van der Waals surface area contributed by atoms with E-state index in [2.05, 4.69) is 20.2 Å². The van der Waals surface area contributed by atoms with Crippen molar-refractivity contribution in [2.75, 3.05) is 12.3 Å². The molecule has 6 nitrogen and oxygen atoms in total. The van der Waals surface area contributed by atoms with Gasteiger partial charge in [0.1, 0.15) is 0 Å². The van der Waals surface area contributed by atoms with E-state index in [0.29, 0.717) is 5.69 Å². The van der Waals surface area contributed by atoms with E-state index < -0.39 is 10.0 Å². The Morgan fingerprint density at radius 3 is 3.06 bits per heavy atom. The van der Waals surface area contributed by atoms with Gasteiger partial charge >= 0.3 is 0 Å². The van der Waals surface area contributed by atoms with Crippen molar-refractivity contribution in [2.24, 2.45) is 0 Å². The lowest BCUT2D eigenvalue weighted by atomic mass is 10.3. The third-order valence-corrected chi connectivity index (χ3v) is 4.11. The Balaban J connectivity index is 1.85. The zero-order chi connectivity index (χ0) is 12.1. The Kier molecular flexibility index (Phi) is 4.03. The topological polar surface area (TPSA) is 84.0 Å². The van der Waals surface area contributed by atoms with E-state index >= 15 is 0 Å². The summed E-state index contributed by atoms with van der Waals surface area (Å²) in [5.74, 6) is 0.132. The highest BCUT2D eigenvalue weighted by Gasteiger charge is 2.21. The second-order valence-corrected chi connectivity index (χ2v) is 5.96. The van der Waals surface area contributed by atoms with Gasteiger partial charge in [0, 0.05) is 12.2 Å². The molecule has 94 valence electrons. The summed E-state index contributed by atoms with van der Waals surface area (Å²) >= 11 is 0. The first-order valence-electron chi connectivity index (χ1n) is 5.63. The van der Waals surface area contributed by atoms with E-state index in [1.807, 2.05) is 0 Å². The Morgan fingerprint density at radius 2 is 2.41 bits per heavy atom. The van der Waals surface area contributed by atoms with Crippen LogP contribution in [0.15, 0.2) is 18.3 Å². The maximum absolute atomic E-state index is 11.8. The molecule has 1 fully saturated rings. The lowest BCUT2D eigenvalue weighted by Gasteiger charge is -2.11. The summed E-state index contributed by atoms with van der Waals surface area (Å²) in [7, 11) is -3.24. The summed E-state index contributed by atoms with van der Waals surface area (Å²) < 4.78 is 26.1. The maximum atomic E-state index is 11.8. The van der Waals surface area contributed by atoms with Crippen molar-refractivity contribution < 1.29 is 8.42 Å². The van der Waals surface area contributed by atoms with Crippen LogP contribution in [0.25, 0.3) is 0 Å². The number of hydrogen-bond donors (Lipinski definition) is 2. The van der Waals surface area contributed by atoms with Crippen molar-refractivity contribution in [1.29, 1.82) is 0 Å². The van der Waals surface area contributed by atoms with Crippen LogP contribution >= 0.6 is 0 Å². The van der Waals surface area contributed by atoms with Crippen molar-refractivity contribution in [3.8, 4) is 0 Å². The van der Waals surface area contributed by atoms with E-state index in [0.717, 1.165) is 19.4 Å². The van der Waals surface area contributed by atoms with Gasteiger partial charge in [-0.25, -0.2) is 13.1 Å². The molecule has 1 aromatic heterocycles. The fourth-order valence-corrected chi connectivity index (χ4v) is 3.13. The second kappa shape index (κ2) is 5.52. The van der Waals surface area contributed by atoms with Gasteiger partial charge in [0.05, 0.1) is 18.0 Å². The summed E-state index contributed by atoms with van der Waals surface area (Å²) in [6.07, 6.45) is 3.52. The molecule has 0 aliphatic carbocycles. The van der Waals surface area contributed by atoms with Crippen LogP contribution in [0, 0.1) is 0 Å². The van der Waals surface area contributed by atoms with Crippen LogP contribution in [-0.2, 0) is 16.6 Å². The van der Waals surface area contributed by atoms with Crippen molar-refractivity contribution in [1.82, 2.24) is 20.2 Å². The van der Waals surface area contributed by atoms with Crippen LogP contribution in [0.2, 0.25) is 0 Å². The van der Waals surface area contributed by atoms with Crippen LogP contribution in [0.1, 0.15) is 18.5 Å². The number of aromatic nitrogens is 2. The number of nitrogens with zero attached hydrogens (tertiary/aromatic N) is 2. The smallest absolute Gasteiger partial charge is 0.213 e. The molecule has 0 bridgehead atoms. The molecule has 1 aliphatic rings. The standard InChI is InChI=1S/C10H16N4O2S/c15-17(16,8-10-4-1-5-11-10)13-7-9-3-2-6-12-14-9/h2-3,6,10-11,13H,1,4-5,7-8H2. The van der Waals surface area contributed by atoms with Crippen LogP contribution in [0.3, 0.4) is 0 Å². The third-order valence-electron chi connectivity index (χ3n) is 2.68. The van der Waals surface area contributed by atoms with Crippen molar-refractivity contribution in [3.05, 3.63) is 24.0 Å². The van der Waals surface area contributed by atoms with Gasteiger partial charge in [0.15, 0.2) is 0 Å². The monoisotopic (exact) mass is 256 g/mol. The average Bonchev–Trinajstić information content (AvgIpc) is 2.80. The van der Waals surface area contributed by atoms with E-state index in [1.54, 1.807) is 18.3 Å². The molecule has 2 heterocycles. The van der Waals surface area contributed by atoms with Gasteiger partial charge in [-0.15, -0.1) is 0 Å². The molecule has 1 saturated heterocycles. The molecule has 7 heteroatoms.